The van der Waals surface area contributed by atoms with Crippen molar-refractivity contribution in [1.29, 1.82) is 0 Å². The summed E-state index contributed by atoms with van der Waals surface area (Å²) in [7, 11) is 0. The number of carbonyl (C=O) groups is 1. The Morgan fingerprint density at radius 3 is 1.49 bits per heavy atom. The molecule has 43 heavy (non-hydrogen) atoms. The first-order valence-corrected chi connectivity index (χ1v) is 18.6. The lowest BCUT2D eigenvalue weighted by molar-refractivity contribution is -0.139. The van der Waals surface area contributed by atoms with E-state index in [9.17, 15) is 15.0 Å². The van der Waals surface area contributed by atoms with Gasteiger partial charge in [0, 0.05) is 5.57 Å². The number of cyclic esters (lactones) is 1. The quantitative estimate of drug-likeness (QED) is 0.0797. The zero-order valence-corrected chi connectivity index (χ0v) is 27.8. The van der Waals surface area contributed by atoms with E-state index in [1.54, 1.807) is 0 Å². The van der Waals surface area contributed by atoms with E-state index in [1.165, 1.54) is 96.3 Å². The van der Waals surface area contributed by atoms with Gasteiger partial charge < -0.3 is 24.4 Å². The second-order valence-corrected chi connectivity index (χ2v) is 13.9. The normalized spacial score (nSPS) is 27.0. The SMILES string of the molecule is CCCCCCCCCC[C@@H](O)[C@@H]1CC[C@@H]([C@@H]2CC[C@@H]([C@@H](O)CCCCCCCCCCCCC3=C[C@@H](C)OC3=O)O2)O1. The second kappa shape index (κ2) is 21.7. The molecule has 0 unspecified atom stereocenters. The lowest BCUT2D eigenvalue weighted by Crippen LogP contribution is -2.33. The van der Waals surface area contributed by atoms with Crippen LogP contribution in [0, 0.1) is 0 Å². The van der Waals surface area contributed by atoms with Gasteiger partial charge in [-0.2, -0.15) is 0 Å². The number of esters is 1. The third-order valence-corrected chi connectivity index (χ3v) is 9.98. The Kier molecular flexibility index (Phi) is 18.5. The Bertz CT molecular complexity index is 768. The smallest absolute Gasteiger partial charge is 0.334 e. The van der Waals surface area contributed by atoms with E-state index >= 15 is 0 Å². The van der Waals surface area contributed by atoms with Crippen LogP contribution in [-0.4, -0.2) is 58.9 Å². The molecule has 3 aliphatic rings. The first-order chi connectivity index (χ1) is 21.0. The Balaban J connectivity index is 1.12. The molecule has 0 aromatic heterocycles. The summed E-state index contributed by atoms with van der Waals surface area (Å²) in [5, 5.41) is 21.4. The molecule has 0 spiro atoms. The molecule has 2 fully saturated rings. The minimum atomic E-state index is -0.375. The third-order valence-electron chi connectivity index (χ3n) is 9.98. The van der Waals surface area contributed by atoms with Crippen molar-refractivity contribution >= 4 is 5.97 Å². The van der Waals surface area contributed by atoms with Gasteiger partial charge in [0.1, 0.15) is 6.10 Å². The number of ether oxygens (including phenoxy) is 3. The molecule has 2 saturated heterocycles. The molecule has 0 radical (unpaired) electrons. The Hall–Kier alpha value is -0.950. The molecule has 0 amide bonds. The van der Waals surface area contributed by atoms with Crippen molar-refractivity contribution in [2.75, 3.05) is 0 Å². The molecule has 0 aromatic rings. The monoisotopic (exact) mass is 606 g/mol. The predicted molar refractivity (Wildman–Crippen MR) is 174 cm³/mol. The van der Waals surface area contributed by atoms with Crippen LogP contribution in [0.15, 0.2) is 11.6 Å². The average molecular weight is 607 g/mol. The highest BCUT2D eigenvalue weighted by atomic mass is 16.6. The van der Waals surface area contributed by atoms with Crippen molar-refractivity contribution in [3.63, 3.8) is 0 Å². The maximum absolute atomic E-state index is 11.6. The molecule has 3 aliphatic heterocycles. The van der Waals surface area contributed by atoms with Crippen LogP contribution >= 0.6 is 0 Å². The molecule has 0 aliphatic carbocycles. The summed E-state index contributed by atoms with van der Waals surface area (Å²) in [6.07, 6.45) is 29.9. The fraction of sp³-hybridized carbons (Fsp3) is 0.919. The summed E-state index contributed by atoms with van der Waals surface area (Å²) in [6.45, 7) is 4.17. The fourth-order valence-corrected chi connectivity index (χ4v) is 7.25. The number of carbonyl (C=O) groups excluding carboxylic acids is 1. The largest absolute Gasteiger partial charge is 0.455 e. The van der Waals surface area contributed by atoms with Gasteiger partial charge in [0.25, 0.3) is 0 Å². The van der Waals surface area contributed by atoms with Gasteiger partial charge in [-0.15, -0.1) is 0 Å². The van der Waals surface area contributed by atoms with Crippen LogP contribution in [0.25, 0.3) is 0 Å². The summed E-state index contributed by atoms with van der Waals surface area (Å²) in [6, 6.07) is 0. The molecule has 0 saturated carbocycles. The highest BCUT2D eigenvalue weighted by Gasteiger charge is 2.40. The van der Waals surface area contributed by atoms with Gasteiger partial charge in [-0.1, -0.05) is 116 Å². The van der Waals surface area contributed by atoms with Crippen LogP contribution in [0.5, 0.6) is 0 Å². The molecular weight excluding hydrogens is 540 g/mol. The van der Waals surface area contributed by atoms with Crippen LogP contribution in [0.3, 0.4) is 0 Å². The molecule has 3 heterocycles. The lowest BCUT2D eigenvalue weighted by Gasteiger charge is -2.24. The third kappa shape index (κ3) is 14.3. The first kappa shape index (κ1) is 36.5. The Labute approximate surface area is 263 Å². The van der Waals surface area contributed by atoms with E-state index in [2.05, 4.69) is 6.92 Å². The highest BCUT2D eigenvalue weighted by molar-refractivity contribution is 5.90. The van der Waals surface area contributed by atoms with Crippen molar-refractivity contribution in [1.82, 2.24) is 0 Å². The van der Waals surface area contributed by atoms with E-state index in [1.807, 2.05) is 13.0 Å². The van der Waals surface area contributed by atoms with Gasteiger partial charge >= 0.3 is 5.97 Å². The van der Waals surface area contributed by atoms with Crippen molar-refractivity contribution in [2.45, 2.75) is 217 Å². The summed E-state index contributed by atoms with van der Waals surface area (Å²) in [5.41, 5.74) is 0.869. The molecule has 0 aromatic carbocycles. The Morgan fingerprint density at radius 2 is 1.07 bits per heavy atom. The van der Waals surface area contributed by atoms with E-state index in [0.29, 0.717) is 0 Å². The molecule has 6 nitrogen and oxygen atoms in total. The van der Waals surface area contributed by atoms with Crippen LogP contribution in [-0.2, 0) is 19.0 Å². The number of hydrogen-bond donors (Lipinski definition) is 2. The lowest BCUT2D eigenvalue weighted by atomic mass is 10.0. The Morgan fingerprint density at radius 1 is 0.651 bits per heavy atom. The van der Waals surface area contributed by atoms with Crippen molar-refractivity contribution in [2.24, 2.45) is 0 Å². The minimum Gasteiger partial charge on any atom is -0.455 e. The summed E-state index contributed by atoms with van der Waals surface area (Å²) < 4.78 is 17.7. The van der Waals surface area contributed by atoms with Crippen LogP contribution in [0.1, 0.15) is 174 Å². The van der Waals surface area contributed by atoms with Crippen LogP contribution in [0.2, 0.25) is 0 Å². The van der Waals surface area contributed by atoms with Crippen molar-refractivity contribution in [3.05, 3.63) is 11.6 Å². The van der Waals surface area contributed by atoms with E-state index < -0.39 is 0 Å². The summed E-state index contributed by atoms with van der Waals surface area (Å²) >= 11 is 0. The van der Waals surface area contributed by atoms with Gasteiger partial charge in [0.2, 0.25) is 0 Å². The zero-order valence-electron chi connectivity index (χ0n) is 27.8. The van der Waals surface area contributed by atoms with Gasteiger partial charge in [-0.05, 0) is 64.4 Å². The molecule has 7 atom stereocenters. The average Bonchev–Trinajstić information content (AvgIpc) is 3.75. The van der Waals surface area contributed by atoms with E-state index in [4.69, 9.17) is 14.2 Å². The zero-order chi connectivity index (χ0) is 30.7. The van der Waals surface area contributed by atoms with Gasteiger partial charge in [0.05, 0.1) is 36.6 Å². The van der Waals surface area contributed by atoms with Gasteiger partial charge in [0.15, 0.2) is 0 Å². The topological polar surface area (TPSA) is 85.2 Å². The predicted octanol–water partition coefficient (Wildman–Crippen LogP) is 8.89. The highest BCUT2D eigenvalue weighted by Crippen LogP contribution is 2.34. The number of unbranched alkanes of at least 4 members (excludes halogenated alkanes) is 16. The van der Waals surface area contributed by atoms with E-state index in [-0.39, 0.29) is 48.7 Å². The minimum absolute atomic E-state index is 0.0466. The van der Waals surface area contributed by atoms with Crippen molar-refractivity contribution in [3.8, 4) is 0 Å². The van der Waals surface area contributed by atoms with Crippen LogP contribution < -0.4 is 0 Å². The van der Waals surface area contributed by atoms with Gasteiger partial charge in [-0.3, -0.25) is 0 Å². The standard InChI is InChI=1S/C37H66O6/c1-3-4-5-6-7-13-16-19-22-31(38)33-24-26-35(42-33)36-27-25-34(43-36)32(39)23-20-17-14-11-9-8-10-12-15-18-21-30-28-29(2)41-37(30)40/h28-29,31-36,38-39H,3-27H2,1-2H3/t29-,31-,32+,33+,34+,35+,36+/m1/s1. The second-order valence-electron chi connectivity index (χ2n) is 13.9. The fourth-order valence-electron chi connectivity index (χ4n) is 7.25. The van der Waals surface area contributed by atoms with Crippen molar-refractivity contribution < 1.29 is 29.2 Å². The number of rotatable bonds is 25. The maximum atomic E-state index is 11.6. The van der Waals surface area contributed by atoms with Crippen LogP contribution in [0.4, 0.5) is 0 Å². The molecule has 3 rings (SSSR count). The number of aliphatic hydroxyl groups excluding tert-OH is 2. The molecule has 250 valence electrons. The summed E-state index contributed by atoms with van der Waals surface area (Å²) in [5.74, 6) is -0.118. The van der Waals surface area contributed by atoms with E-state index in [0.717, 1.165) is 69.8 Å². The number of hydrogen-bond acceptors (Lipinski definition) is 6. The maximum Gasteiger partial charge on any atom is 0.334 e. The molecular formula is C37H66O6. The summed E-state index contributed by atoms with van der Waals surface area (Å²) in [4.78, 5) is 11.6. The molecule has 0 bridgehead atoms. The number of aliphatic hydroxyl groups is 2. The molecule has 2 N–H and O–H groups in total. The van der Waals surface area contributed by atoms with Gasteiger partial charge in [-0.25, -0.2) is 4.79 Å². The first-order valence-electron chi connectivity index (χ1n) is 18.6. The molecule has 6 heteroatoms.